The van der Waals surface area contributed by atoms with Gasteiger partial charge >= 0.3 is 6.18 Å². The highest BCUT2D eigenvalue weighted by molar-refractivity contribution is 5.79. The SMILES string of the molecule is CCOc1ccc(-n2c(C(C)N(C(=O)Cc3ccc(F)c(C(F)(F)F)c3)C3CCN(C(C)C)CC3)nc3c(c2=O)CCCN3)cc1. The predicted octanol–water partition coefficient (Wildman–Crippen LogP) is 6.15. The number of aromatic nitrogens is 2. The smallest absolute Gasteiger partial charge is 0.419 e. The minimum atomic E-state index is -4.90. The summed E-state index contributed by atoms with van der Waals surface area (Å²) in [5.74, 6) is -0.339. The van der Waals surface area contributed by atoms with E-state index in [9.17, 15) is 27.2 Å². The Morgan fingerprint density at radius 3 is 2.43 bits per heavy atom. The van der Waals surface area contributed by atoms with Crippen LogP contribution in [0.2, 0.25) is 0 Å². The number of amides is 1. The van der Waals surface area contributed by atoms with Crippen molar-refractivity contribution in [3.05, 3.63) is 81.2 Å². The van der Waals surface area contributed by atoms with E-state index < -0.39 is 29.5 Å². The molecule has 2 aliphatic rings. The third kappa shape index (κ3) is 7.06. The summed E-state index contributed by atoms with van der Waals surface area (Å²) in [7, 11) is 0. The second-order valence-corrected chi connectivity index (χ2v) is 12.2. The number of fused-ring (bicyclic) bond motifs is 1. The number of halogens is 4. The maximum Gasteiger partial charge on any atom is 0.419 e. The lowest BCUT2D eigenvalue weighted by Crippen LogP contribution is -2.51. The van der Waals surface area contributed by atoms with Gasteiger partial charge in [-0.15, -0.1) is 0 Å². The van der Waals surface area contributed by atoms with Crippen molar-refractivity contribution in [1.29, 1.82) is 0 Å². The molecule has 46 heavy (non-hydrogen) atoms. The molecule has 1 unspecified atom stereocenters. The Morgan fingerprint density at radius 2 is 1.80 bits per heavy atom. The minimum absolute atomic E-state index is 0.0551. The monoisotopic (exact) mass is 643 g/mol. The second kappa shape index (κ2) is 13.8. The number of carbonyl (C=O) groups is 1. The number of benzene rings is 2. The van der Waals surface area contributed by atoms with Crippen molar-refractivity contribution in [3.63, 3.8) is 0 Å². The molecule has 1 amide bonds. The normalized spacial score (nSPS) is 16.5. The molecule has 1 aromatic heterocycles. The molecule has 8 nitrogen and oxygen atoms in total. The van der Waals surface area contributed by atoms with Crippen molar-refractivity contribution in [1.82, 2.24) is 19.4 Å². The first-order chi connectivity index (χ1) is 21.9. The maximum absolute atomic E-state index is 14.2. The molecule has 248 valence electrons. The molecule has 2 aromatic carbocycles. The molecule has 1 N–H and O–H groups in total. The van der Waals surface area contributed by atoms with Crippen molar-refractivity contribution in [2.75, 3.05) is 31.6 Å². The summed E-state index contributed by atoms with van der Waals surface area (Å²) in [6.07, 6.45) is -2.65. The number of alkyl halides is 3. The van der Waals surface area contributed by atoms with Crippen LogP contribution in [0.25, 0.3) is 5.69 Å². The lowest BCUT2D eigenvalue weighted by atomic mass is 9.98. The van der Waals surface area contributed by atoms with Gasteiger partial charge in [0.25, 0.3) is 5.56 Å². The van der Waals surface area contributed by atoms with Gasteiger partial charge in [0.1, 0.15) is 23.2 Å². The first-order valence-electron chi connectivity index (χ1n) is 15.9. The number of ether oxygens (including phenoxy) is 1. The fourth-order valence-electron chi connectivity index (χ4n) is 6.51. The largest absolute Gasteiger partial charge is 0.494 e. The van der Waals surface area contributed by atoms with E-state index in [0.717, 1.165) is 25.6 Å². The number of nitrogens with zero attached hydrogens (tertiary/aromatic N) is 4. The van der Waals surface area contributed by atoms with Crippen LogP contribution in [0.4, 0.5) is 23.4 Å². The van der Waals surface area contributed by atoms with Crippen LogP contribution < -0.4 is 15.6 Å². The third-order valence-corrected chi connectivity index (χ3v) is 8.90. The molecule has 0 saturated carbocycles. The van der Waals surface area contributed by atoms with Crippen molar-refractivity contribution in [2.24, 2.45) is 0 Å². The van der Waals surface area contributed by atoms with Crippen LogP contribution in [0.1, 0.15) is 75.5 Å². The minimum Gasteiger partial charge on any atom is -0.494 e. The van der Waals surface area contributed by atoms with Gasteiger partial charge in [-0.2, -0.15) is 13.2 Å². The van der Waals surface area contributed by atoms with Crippen LogP contribution >= 0.6 is 0 Å². The highest BCUT2D eigenvalue weighted by Gasteiger charge is 2.37. The lowest BCUT2D eigenvalue weighted by molar-refractivity contribution is -0.140. The average Bonchev–Trinajstić information content (AvgIpc) is 3.02. The van der Waals surface area contributed by atoms with Crippen molar-refractivity contribution in [3.8, 4) is 11.4 Å². The zero-order valence-corrected chi connectivity index (χ0v) is 26.7. The number of carbonyl (C=O) groups excluding carboxylic acids is 1. The molecular weight excluding hydrogens is 602 g/mol. The van der Waals surface area contributed by atoms with Gasteiger partial charge < -0.3 is 19.9 Å². The summed E-state index contributed by atoms with van der Waals surface area (Å²) >= 11 is 0. The summed E-state index contributed by atoms with van der Waals surface area (Å²) in [4.78, 5) is 37.2. The first-order valence-corrected chi connectivity index (χ1v) is 15.9. The number of rotatable bonds is 9. The van der Waals surface area contributed by atoms with E-state index in [2.05, 4.69) is 24.1 Å². The van der Waals surface area contributed by atoms with Crippen molar-refractivity contribution < 1.29 is 27.1 Å². The molecule has 3 heterocycles. The van der Waals surface area contributed by atoms with Crippen LogP contribution in [-0.4, -0.2) is 63.6 Å². The molecule has 3 aromatic rings. The topological polar surface area (TPSA) is 79.7 Å². The van der Waals surface area contributed by atoms with Crippen LogP contribution in [-0.2, 0) is 23.8 Å². The van der Waals surface area contributed by atoms with Gasteiger partial charge in [0.05, 0.1) is 35.9 Å². The summed E-state index contributed by atoms with van der Waals surface area (Å²) < 4.78 is 61.8. The second-order valence-electron chi connectivity index (χ2n) is 12.2. The van der Waals surface area contributed by atoms with Gasteiger partial charge in [-0.1, -0.05) is 6.07 Å². The first kappa shape index (κ1) is 33.4. The fourth-order valence-corrected chi connectivity index (χ4v) is 6.51. The van der Waals surface area contributed by atoms with Crippen molar-refractivity contribution >= 4 is 11.7 Å². The highest BCUT2D eigenvalue weighted by atomic mass is 19.4. The van der Waals surface area contributed by atoms with Gasteiger partial charge in [-0.05, 0) is 95.3 Å². The standard InChI is InChI=1S/C34H41F4N5O3/c1-5-46-26-11-9-24(10-12-26)43-32(40-31-27(33(43)45)7-6-16-39-31)22(4)42(25-14-17-41(18-15-25)21(2)3)30(44)20-23-8-13-29(35)28(19-23)34(36,37)38/h8-13,19,21-22,25,39H,5-7,14-18,20H2,1-4H3. The Hall–Kier alpha value is -3.93. The third-order valence-electron chi connectivity index (χ3n) is 8.90. The number of nitrogens with one attached hydrogen (secondary N) is 1. The van der Waals surface area contributed by atoms with Gasteiger partial charge in [-0.25, -0.2) is 9.37 Å². The van der Waals surface area contributed by atoms with Gasteiger partial charge in [0, 0.05) is 31.7 Å². The summed E-state index contributed by atoms with van der Waals surface area (Å²) in [5, 5.41) is 3.24. The number of hydrogen-bond donors (Lipinski definition) is 1. The van der Waals surface area contributed by atoms with E-state index in [-0.39, 0.29) is 23.6 Å². The Labute approximate surface area is 266 Å². The number of anilines is 1. The Balaban J connectivity index is 1.58. The molecule has 1 fully saturated rings. The Morgan fingerprint density at radius 1 is 1.11 bits per heavy atom. The van der Waals surface area contributed by atoms with Crippen molar-refractivity contribution in [2.45, 2.75) is 84.1 Å². The highest BCUT2D eigenvalue weighted by Crippen LogP contribution is 2.34. The zero-order valence-electron chi connectivity index (χ0n) is 26.7. The summed E-state index contributed by atoms with van der Waals surface area (Å²) in [5.41, 5.74) is -0.468. The van der Waals surface area contributed by atoms with E-state index in [4.69, 9.17) is 9.72 Å². The van der Waals surface area contributed by atoms with E-state index >= 15 is 0 Å². The molecule has 2 aliphatic heterocycles. The molecule has 1 saturated heterocycles. The Kier molecular flexibility index (Phi) is 10.0. The molecule has 12 heteroatoms. The predicted molar refractivity (Wildman–Crippen MR) is 168 cm³/mol. The van der Waals surface area contributed by atoms with Gasteiger partial charge in [0.15, 0.2) is 0 Å². The number of hydrogen-bond acceptors (Lipinski definition) is 6. The molecule has 0 radical (unpaired) electrons. The molecule has 0 aliphatic carbocycles. The van der Waals surface area contributed by atoms with Crippen LogP contribution in [0.5, 0.6) is 5.75 Å². The van der Waals surface area contributed by atoms with E-state index in [0.29, 0.717) is 73.2 Å². The van der Waals surface area contributed by atoms with Crippen LogP contribution in [0, 0.1) is 5.82 Å². The number of likely N-dealkylation sites (tertiary alicyclic amines) is 1. The fraction of sp³-hybridized carbons (Fsp3) is 0.500. The molecule has 0 spiro atoms. The van der Waals surface area contributed by atoms with E-state index in [1.54, 1.807) is 36.1 Å². The molecule has 0 bridgehead atoms. The van der Waals surface area contributed by atoms with E-state index in [1.165, 1.54) is 10.6 Å². The summed E-state index contributed by atoms with van der Waals surface area (Å²) in [6, 6.07) is 9.10. The quantitative estimate of drug-likeness (QED) is 0.282. The van der Waals surface area contributed by atoms with Gasteiger partial charge in [-0.3, -0.25) is 14.2 Å². The molecular formula is C34H41F4N5O3. The Bertz CT molecular complexity index is 1600. The lowest BCUT2D eigenvalue weighted by Gasteiger charge is -2.43. The number of piperidine rings is 1. The van der Waals surface area contributed by atoms with Crippen LogP contribution in [0.15, 0.2) is 47.3 Å². The van der Waals surface area contributed by atoms with Crippen LogP contribution in [0.3, 0.4) is 0 Å². The van der Waals surface area contributed by atoms with E-state index in [1.807, 2.05) is 6.92 Å². The van der Waals surface area contributed by atoms with Gasteiger partial charge in [0.2, 0.25) is 5.91 Å². The summed E-state index contributed by atoms with van der Waals surface area (Å²) in [6.45, 7) is 10.5. The average molecular weight is 644 g/mol. The zero-order chi connectivity index (χ0) is 33.2. The molecule has 1 atom stereocenters. The molecule has 5 rings (SSSR count). The maximum atomic E-state index is 14.2.